The van der Waals surface area contributed by atoms with Crippen LogP contribution >= 0.6 is 11.6 Å². The van der Waals surface area contributed by atoms with Gasteiger partial charge in [0.15, 0.2) is 0 Å². The molecule has 0 aromatic heterocycles. The maximum absolute atomic E-state index is 14.1. The summed E-state index contributed by atoms with van der Waals surface area (Å²) in [6.07, 6.45) is 3.83. The smallest absolute Gasteiger partial charge is 0.367 e. The molecule has 0 spiro atoms. The van der Waals surface area contributed by atoms with Crippen LogP contribution in [0.1, 0.15) is 88.7 Å². The molecule has 5 aromatic carbocycles. The molecule has 0 aliphatic carbocycles. The van der Waals surface area contributed by atoms with Crippen molar-refractivity contribution >= 4 is 72.7 Å². The predicted octanol–water partition coefficient (Wildman–Crippen LogP) is 5.18. The molecule has 1 saturated heterocycles. The molecule has 1 amide bonds. The second-order valence-corrected chi connectivity index (χ2v) is 31.3. The summed E-state index contributed by atoms with van der Waals surface area (Å²) in [5.41, 5.74) is 1.67. The summed E-state index contributed by atoms with van der Waals surface area (Å²) in [5, 5.41) is 23.5. The highest BCUT2D eigenvalue weighted by Crippen LogP contribution is 2.38. The van der Waals surface area contributed by atoms with E-state index in [0.29, 0.717) is 37.7 Å². The molecule has 2 atom stereocenters. The maximum atomic E-state index is 14.1. The second kappa shape index (κ2) is 23.0. The van der Waals surface area contributed by atoms with Crippen molar-refractivity contribution in [1.82, 2.24) is 25.3 Å². The number of halogens is 1. The Kier molecular flexibility index (Phi) is 16.5. The summed E-state index contributed by atoms with van der Waals surface area (Å²) in [7, 11) is -5.45. The van der Waals surface area contributed by atoms with Crippen LogP contribution in [0.5, 0.6) is 0 Å². The molecule has 0 saturated carbocycles. The zero-order chi connectivity index (χ0) is 51.9. The van der Waals surface area contributed by atoms with Gasteiger partial charge in [0, 0.05) is 43.9 Å². The van der Waals surface area contributed by atoms with Crippen molar-refractivity contribution in [3.05, 3.63) is 156 Å². The van der Waals surface area contributed by atoms with Crippen molar-refractivity contribution in [2.75, 3.05) is 65.8 Å². The van der Waals surface area contributed by atoms with Gasteiger partial charge in [0.25, 0.3) is 22.5 Å². The van der Waals surface area contributed by atoms with E-state index in [1.807, 2.05) is 6.07 Å². The monoisotopic (exact) mass is 1050 g/mol. The Morgan fingerprint density at radius 2 is 1.26 bits per heavy atom. The number of guanidine groups is 2. The Hall–Kier alpha value is -5.78. The van der Waals surface area contributed by atoms with Gasteiger partial charge in [-0.15, -0.1) is 11.6 Å². The number of alkyl halides is 1. The topological polar surface area (TPSA) is 119 Å². The van der Waals surface area contributed by atoms with Gasteiger partial charge in [-0.1, -0.05) is 163 Å². The standard InChI is InChI=1S/C59H75ClN8O4Si2/c1-58(2,3)73(50-21-11-7-12-22-50,51-23-13-8-14-24-51)71-41-48-29-35-65-31-19-33-67(56(65)63-48)43-61-54(69)46-37-45(40-60)38-47(39-46)55(70)62-44-68-34-20-32-66-36-30-49(64-57(66)68)42-72-74(59(4,5)6,52-25-15-9-16-26-52)53-27-17-10-18-28-53/h7-18,21-28,37-39,48-49H,19-20,29-36,40-44H2,1-6H3,(H2,61,62,69,70)/p+2/t48-,49-/m0/s1. The summed E-state index contributed by atoms with van der Waals surface area (Å²) in [6.45, 7) is 20.9. The van der Waals surface area contributed by atoms with Crippen molar-refractivity contribution < 1.29 is 28.3 Å². The van der Waals surface area contributed by atoms with Crippen LogP contribution < -0.4 is 36.4 Å². The van der Waals surface area contributed by atoms with Gasteiger partial charge >= 0.3 is 11.9 Å². The number of carbonyl (C=O) groups excluding carboxylic acids is 1. The lowest BCUT2D eigenvalue weighted by Gasteiger charge is -2.45. The minimum Gasteiger partial charge on any atom is -0.460 e. The Labute approximate surface area is 446 Å². The molecule has 15 heteroatoms. The highest BCUT2D eigenvalue weighted by molar-refractivity contribution is 7.00. The number of hydrogen-bond donors (Lipinski definition) is 4. The summed E-state index contributed by atoms with van der Waals surface area (Å²) in [6, 6.07) is 48.6. The third kappa shape index (κ3) is 11.3. The van der Waals surface area contributed by atoms with Crippen LogP contribution in [0, 0.1) is 0 Å². The lowest BCUT2D eigenvalue weighted by molar-refractivity contribution is -0.546. The van der Waals surface area contributed by atoms with Gasteiger partial charge in [-0.25, -0.2) is 9.89 Å². The SMILES string of the molecule is CC(C)(C)[Si](OC[C@@H]1CCN2CCCN(C[NH+]=C(O)c3cc(CCl)cc(C(=O)NCN4CCC[N+]5=C4N[C@H](CO[Si](c4ccccc4)(c4ccccc4)C(C)(C)C)CC5)c3)C2=N1)(c1ccccc1)c1ccccc1. The minimum atomic E-state index is -2.73. The van der Waals surface area contributed by atoms with Crippen LogP contribution in [0.3, 0.4) is 0 Å². The first-order valence-electron chi connectivity index (χ1n) is 26.7. The molecule has 5 aromatic rings. The fraction of sp³-hybridized carbons (Fsp3) is 0.424. The average Bonchev–Trinajstić information content (AvgIpc) is 3.43. The van der Waals surface area contributed by atoms with E-state index in [1.54, 1.807) is 12.1 Å². The average molecular weight is 1050 g/mol. The second-order valence-electron chi connectivity index (χ2n) is 22.4. The van der Waals surface area contributed by atoms with E-state index in [2.05, 4.69) is 198 Å². The molecule has 0 radical (unpaired) electrons. The maximum Gasteiger partial charge on any atom is 0.367 e. The third-order valence-corrected chi connectivity index (χ3v) is 25.7. The Morgan fingerprint density at radius 1 is 0.716 bits per heavy atom. The third-order valence-electron chi connectivity index (χ3n) is 15.4. The minimum absolute atomic E-state index is 0.0154. The van der Waals surface area contributed by atoms with Gasteiger partial charge in [-0.05, 0) is 67.4 Å². The molecule has 74 heavy (non-hydrogen) atoms. The zero-order valence-electron chi connectivity index (χ0n) is 44.3. The first-order valence-corrected chi connectivity index (χ1v) is 31.0. The van der Waals surface area contributed by atoms with Gasteiger partial charge < -0.3 is 24.2 Å². The highest BCUT2D eigenvalue weighted by atomic mass is 35.5. The quantitative estimate of drug-likeness (QED) is 0.0331. The number of amides is 1. The molecule has 0 unspecified atom stereocenters. The van der Waals surface area contributed by atoms with Crippen LogP contribution in [0.15, 0.2) is 145 Å². The molecule has 4 heterocycles. The van der Waals surface area contributed by atoms with E-state index in [9.17, 15) is 9.90 Å². The summed E-state index contributed by atoms with van der Waals surface area (Å²) in [5.74, 6) is 1.89. The van der Waals surface area contributed by atoms with Gasteiger partial charge in [0.05, 0.1) is 50.5 Å². The lowest BCUT2D eigenvalue weighted by Crippen LogP contribution is -2.79. The number of aliphatic hydroxyl groups excluding tert-OH is 1. The lowest BCUT2D eigenvalue weighted by atomic mass is 10.1. The summed E-state index contributed by atoms with van der Waals surface area (Å²) in [4.78, 5) is 29.5. The molecule has 9 rings (SSSR count). The number of rotatable bonds is 17. The fourth-order valence-electron chi connectivity index (χ4n) is 11.7. The van der Waals surface area contributed by atoms with Crippen molar-refractivity contribution in [2.45, 2.75) is 95.3 Å². The number of fused-ring (bicyclic) bond motifs is 1. The van der Waals surface area contributed by atoms with Crippen molar-refractivity contribution in [3.8, 4) is 0 Å². The molecule has 0 bridgehead atoms. The molecule has 12 nitrogen and oxygen atoms in total. The molecular formula is C59H77ClN8O4Si2+2. The number of hydrogen-bond acceptors (Lipinski definition) is 8. The molecule has 4 aliphatic heterocycles. The van der Waals surface area contributed by atoms with Gasteiger partial charge in [0.1, 0.15) is 6.67 Å². The van der Waals surface area contributed by atoms with E-state index in [-0.39, 0.29) is 39.8 Å². The molecule has 4 aliphatic rings. The fourth-order valence-corrected chi connectivity index (χ4v) is 21.0. The number of aliphatic hydroxyl groups is 1. The van der Waals surface area contributed by atoms with Gasteiger partial charge in [-0.2, -0.15) is 4.99 Å². The summed E-state index contributed by atoms with van der Waals surface area (Å²) >= 11 is 6.44. The Bertz CT molecular complexity index is 2710. The molecule has 1 fully saturated rings. The number of benzene rings is 5. The first kappa shape index (κ1) is 53.1. The van der Waals surface area contributed by atoms with Crippen molar-refractivity contribution in [1.29, 1.82) is 0 Å². The molecular weight excluding hydrogens is 976 g/mol. The van der Waals surface area contributed by atoms with Crippen LogP contribution in [0.4, 0.5) is 0 Å². The van der Waals surface area contributed by atoms with Crippen LogP contribution in [-0.2, 0) is 14.7 Å². The number of nitrogens with zero attached hydrogens (tertiary/aromatic N) is 5. The van der Waals surface area contributed by atoms with E-state index in [1.165, 1.54) is 20.7 Å². The molecule has 4 N–H and O–H groups in total. The van der Waals surface area contributed by atoms with Gasteiger partial charge in [-0.3, -0.25) is 19.6 Å². The Balaban J connectivity index is 0.861. The number of aliphatic imine (C=N–C) groups is 1. The Morgan fingerprint density at radius 3 is 1.81 bits per heavy atom. The number of nitrogens with one attached hydrogen (secondary N) is 3. The van der Waals surface area contributed by atoms with E-state index in [0.717, 1.165) is 82.4 Å². The largest absolute Gasteiger partial charge is 0.460 e. The van der Waals surface area contributed by atoms with E-state index >= 15 is 0 Å². The van der Waals surface area contributed by atoms with Crippen LogP contribution in [0.2, 0.25) is 10.1 Å². The molecule has 390 valence electrons. The first-order chi connectivity index (χ1) is 35.7. The van der Waals surface area contributed by atoms with Crippen LogP contribution in [0.25, 0.3) is 0 Å². The van der Waals surface area contributed by atoms with Gasteiger partial charge in [0.2, 0.25) is 12.6 Å². The van der Waals surface area contributed by atoms with E-state index in [4.69, 9.17) is 25.4 Å². The number of carbonyl (C=O) groups is 1. The normalized spacial score (nSPS) is 18.8. The summed E-state index contributed by atoms with van der Waals surface area (Å²) < 4.78 is 17.1. The highest BCUT2D eigenvalue weighted by Gasteiger charge is 2.52. The zero-order valence-corrected chi connectivity index (χ0v) is 47.1. The van der Waals surface area contributed by atoms with Crippen LogP contribution in [-0.4, -0.2) is 143 Å². The predicted molar refractivity (Wildman–Crippen MR) is 305 cm³/mol. The van der Waals surface area contributed by atoms with Crippen molar-refractivity contribution in [3.63, 3.8) is 0 Å². The van der Waals surface area contributed by atoms with E-state index < -0.39 is 16.6 Å². The van der Waals surface area contributed by atoms with Crippen molar-refractivity contribution in [2.24, 2.45) is 4.99 Å².